The number of hydrogen-bond acceptors (Lipinski definition) is 7. The van der Waals surface area contributed by atoms with Crippen molar-refractivity contribution in [1.82, 2.24) is 5.43 Å². The van der Waals surface area contributed by atoms with Crippen LogP contribution in [0.3, 0.4) is 0 Å². The van der Waals surface area contributed by atoms with Crippen LogP contribution in [-0.4, -0.2) is 44.9 Å². The Bertz CT molecular complexity index is 896. The van der Waals surface area contributed by atoms with Gasteiger partial charge in [-0.25, -0.2) is 5.43 Å². The second kappa shape index (κ2) is 10.1. The highest BCUT2D eigenvalue weighted by molar-refractivity contribution is 5.95. The lowest BCUT2D eigenvalue weighted by Crippen LogP contribution is -2.37. The van der Waals surface area contributed by atoms with Gasteiger partial charge in [0.25, 0.3) is 5.91 Å². The fraction of sp³-hybridized carbons (Fsp3) is 0.286. The molecule has 0 saturated heterocycles. The average molecular weight is 398 g/mol. The van der Waals surface area contributed by atoms with Crippen LogP contribution in [0.1, 0.15) is 29.8 Å². The van der Waals surface area contributed by atoms with E-state index in [1.165, 1.54) is 13.1 Å². The molecule has 1 atom stereocenters. The van der Waals surface area contributed by atoms with E-state index in [1.54, 1.807) is 43.3 Å². The molecule has 0 spiro atoms. The van der Waals surface area contributed by atoms with Crippen molar-refractivity contribution in [2.24, 2.45) is 5.10 Å². The Balaban J connectivity index is 2.09. The van der Waals surface area contributed by atoms with Crippen molar-refractivity contribution in [3.05, 3.63) is 53.6 Å². The van der Waals surface area contributed by atoms with Gasteiger partial charge >= 0.3 is 0 Å². The number of rotatable bonds is 9. The third kappa shape index (κ3) is 6.24. The number of carbonyl (C=O) groups is 2. The number of ether oxygens (including phenoxy) is 2. The minimum Gasteiger partial charge on any atom is -0.546 e. The maximum Gasteiger partial charge on any atom is 0.271 e. The highest BCUT2D eigenvalue weighted by Crippen LogP contribution is 2.29. The van der Waals surface area contributed by atoms with Gasteiger partial charge in [-0.3, -0.25) is 4.79 Å². The first-order valence-corrected chi connectivity index (χ1v) is 9.07. The summed E-state index contributed by atoms with van der Waals surface area (Å²) in [6.07, 6.45) is 0.341. The number of hydrogen-bond donors (Lipinski definition) is 1. The molecule has 0 heterocycles. The zero-order chi connectivity index (χ0) is 21.4. The third-order valence-corrected chi connectivity index (χ3v) is 3.91. The topological polar surface area (TPSA) is 103 Å². The van der Waals surface area contributed by atoms with Crippen LogP contribution in [0.2, 0.25) is 0 Å². The van der Waals surface area contributed by atoms with E-state index in [0.717, 1.165) is 5.69 Å². The Morgan fingerprint density at radius 1 is 1.21 bits per heavy atom. The molecule has 0 aliphatic carbocycles. The van der Waals surface area contributed by atoms with Gasteiger partial charge in [0.2, 0.25) is 0 Å². The molecular weight excluding hydrogens is 374 g/mol. The Morgan fingerprint density at radius 3 is 2.62 bits per heavy atom. The third-order valence-electron chi connectivity index (χ3n) is 3.91. The molecule has 0 aliphatic heterocycles. The number of aliphatic carboxylic acids is 1. The van der Waals surface area contributed by atoms with Gasteiger partial charge in [-0.1, -0.05) is 6.07 Å². The molecule has 2 aromatic carbocycles. The molecule has 1 amide bonds. The van der Waals surface area contributed by atoms with Crippen molar-refractivity contribution in [1.29, 1.82) is 0 Å². The predicted octanol–water partition coefficient (Wildman–Crippen LogP) is 1.43. The van der Waals surface area contributed by atoms with Crippen molar-refractivity contribution in [2.45, 2.75) is 20.0 Å². The first-order valence-electron chi connectivity index (χ1n) is 9.07. The minimum absolute atomic E-state index is 0.283. The standard InChI is InChI=1S/C21H25N3O5/c1-5-28-19-11-15(9-10-18(19)29-14(2)21(26)27)13-22-23-20(25)16-7-6-8-17(12-16)24(3)4/h6-14H,5H2,1-4H3,(H,23,25)(H,26,27)/p-1/b22-13-/t14-/m1/s1. The zero-order valence-corrected chi connectivity index (χ0v) is 16.8. The zero-order valence-electron chi connectivity index (χ0n) is 16.8. The summed E-state index contributed by atoms with van der Waals surface area (Å²) in [5.74, 6) is -1.00. The van der Waals surface area contributed by atoms with Gasteiger partial charge in [0.15, 0.2) is 11.5 Å². The normalized spacial score (nSPS) is 11.7. The summed E-state index contributed by atoms with van der Waals surface area (Å²) in [7, 11) is 3.79. The summed E-state index contributed by atoms with van der Waals surface area (Å²) in [4.78, 5) is 25.1. The number of benzene rings is 2. The molecule has 0 radical (unpaired) electrons. The fourth-order valence-electron chi connectivity index (χ4n) is 2.36. The SMILES string of the molecule is CCOc1cc(/C=N\NC(=O)c2cccc(N(C)C)c2)ccc1O[C@H](C)C(=O)[O-]. The van der Waals surface area contributed by atoms with Crippen LogP contribution >= 0.6 is 0 Å². The van der Waals surface area contributed by atoms with E-state index >= 15 is 0 Å². The first-order chi connectivity index (χ1) is 13.8. The van der Waals surface area contributed by atoms with Crippen molar-refractivity contribution in [3.8, 4) is 11.5 Å². The van der Waals surface area contributed by atoms with Crippen LogP contribution in [0.4, 0.5) is 5.69 Å². The Labute approximate surface area is 169 Å². The van der Waals surface area contributed by atoms with Gasteiger partial charge in [-0.2, -0.15) is 5.10 Å². The first kappa shape index (κ1) is 21.7. The van der Waals surface area contributed by atoms with E-state index < -0.39 is 12.1 Å². The number of nitrogens with one attached hydrogen (secondary N) is 1. The maximum atomic E-state index is 12.3. The molecule has 2 aromatic rings. The Morgan fingerprint density at radius 2 is 1.97 bits per heavy atom. The van der Waals surface area contributed by atoms with Gasteiger partial charge in [0.1, 0.15) is 6.10 Å². The van der Waals surface area contributed by atoms with Crippen molar-refractivity contribution in [3.63, 3.8) is 0 Å². The van der Waals surface area contributed by atoms with Crippen molar-refractivity contribution in [2.75, 3.05) is 25.6 Å². The molecule has 0 bridgehead atoms. The van der Waals surface area contributed by atoms with Gasteiger partial charge in [-0.05, 0) is 55.8 Å². The minimum atomic E-state index is -1.32. The molecule has 8 heteroatoms. The van der Waals surface area contributed by atoms with Crippen LogP contribution in [0.25, 0.3) is 0 Å². The van der Waals surface area contributed by atoms with Gasteiger partial charge in [0.05, 0.1) is 18.8 Å². The summed E-state index contributed by atoms with van der Waals surface area (Å²) in [5.41, 5.74) is 4.52. The molecule has 8 nitrogen and oxygen atoms in total. The maximum absolute atomic E-state index is 12.3. The number of carboxylic acid groups (broad SMARTS) is 1. The molecule has 0 fully saturated rings. The number of amides is 1. The molecule has 0 aliphatic rings. The van der Waals surface area contributed by atoms with Crippen LogP contribution in [0.15, 0.2) is 47.6 Å². The average Bonchev–Trinajstić information content (AvgIpc) is 2.69. The number of nitrogens with zero attached hydrogens (tertiary/aromatic N) is 2. The summed E-state index contributed by atoms with van der Waals surface area (Å²) in [6.45, 7) is 3.55. The molecule has 154 valence electrons. The highest BCUT2D eigenvalue weighted by Gasteiger charge is 2.11. The number of hydrazone groups is 1. The van der Waals surface area contributed by atoms with Crippen LogP contribution in [0.5, 0.6) is 11.5 Å². The predicted molar refractivity (Wildman–Crippen MR) is 109 cm³/mol. The van der Waals surface area contributed by atoms with E-state index in [9.17, 15) is 14.7 Å². The Hall–Kier alpha value is -3.55. The lowest BCUT2D eigenvalue weighted by molar-refractivity contribution is -0.312. The van der Waals surface area contributed by atoms with Gasteiger partial charge < -0.3 is 24.3 Å². The van der Waals surface area contributed by atoms with Gasteiger partial charge in [-0.15, -0.1) is 0 Å². The largest absolute Gasteiger partial charge is 0.546 e. The van der Waals surface area contributed by atoms with E-state index in [-0.39, 0.29) is 11.7 Å². The second-order valence-electron chi connectivity index (χ2n) is 6.36. The summed E-state index contributed by atoms with van der Waals surface area (Å²) in [5, 5.41) is 14.9. The van der Waals surface area contributed by atoms with E-state index in [4.69, 9.17) is 9.47 Å². The number of carbonyl (C=O) groups excluding carboxylic acids is 2. The quantitative estimate of drug-likeness (QED) is 0.506. The summed E-state index contributed by atoms with van der Waals surface area (Å²) < 4.78 is 10.8. The molecule has 1 N–H and O–H groups in total. The summed E-state index contributed by atoms with van der Waals surface area (Å²) >= 11 is 0. The lowest BCUT2D eigenvalue weighted by Gasteiger charge is -2.18. The van der Waals surface area contributed by atoms with E-state index in [0.29, 0.717) is 23.5 Å². The molecule has 0 unspecified atom stereocenters. The van der Waals surface area contributed by atoms with Crippen LogP contribution in [-0.2, 0) is 4.79 Å². The highest BCUT2D eigenvalue weighted by atomic mass is 16.5. The van der Waals surface area contributed by atoms with E-state index in [2.05, 4.69) is 10.5 Å². The second-order valence-corrected chi connectivity index (χ2v) is 6.36. The number of anilines is 1. The van der Waals surface area contributed by atoms with E-state index in [1.807, 2.05) is 25.1 Å². The molecule has 2 rings (SSSR count). The van der Waals surface area contributed by atoms with Crippen molar-refractivity contribution >= 4 is 23.8 Å². The van der Waals surface area contributed by atoms with Crippen LogP contribution in [0, 0.1) is 0 Å². The molecule has 0 aromatic heterocycles. The Kier molecular flexibility index (Phi) is 7.59. The lowest BCUT2D eigenvalue weighted by atomic mass is 10.2. The molecule has 0 saturated carbocycles. The monoisotopic (exact) mass is 398 g/mol. The van der Waals surface area contributed by atoms with Crippen LogP contribution < -0.4 is 24.9 Å². The van der Waals surface area contributed by atoms with Crippen molar-refractivity contribution < 1.29 is 24.2 Å². The smallest absolute Gasteiger partial charge is 0.271 e. The van der Waals surface area contributed by atoms with Gasteiger partial charge in [0, 0.05) is 25.3 Å². The molecule has 29 heavy (non-hydrogen) atoms. The fourth-order valence-corrected chi connectivity index (χ4v) is 2.36. The number of carboxylic acids is 1. The summed E-state index contributed by atoms with van der Waals surface area (Å²) in [6, 6.07) is 12.1. The molecular formula is C21H24N3O5-.